The van der Waals surface area contributed by atoms with Crippen LogP contribution < -0.4 is 10.6 Å². The van der Waals surface area contributed by atoms with E-state index in [0.29, 0.717) is 24.6 Å². The average Bonchev–Trinajstić information content (AvgIpc) is 2.56. The molecule has 0 heterocycles. The molecule has 1 aliphatic rings. The predicted octanol–water partition coefficient (Wildman–Crippen LogP) is 2.53. The van der Waals surface area contributed by atoms with Gasteiger partial charge in [-0.15, -0.1) is 0 Å². The van der Waals surface area contributed by atoms with Crippen LogP contribution in [0, 0.1) is 11.2 Å². The Kier molecular flexibility index (Phi) is 6.43. The van der Waals surface area contributed by atoms with Gasteiger partial charge in [0, 0.05) is 18.5 Å². The number of nitrogens with zero attached hydrogens (tertiary/aromatic N) is 1. The molecule has 0 radical (unpaired) electrons. The zero-order valence-electron chi connectivity index (χ0n) is 14.5. The van der Waals surface area contributed by atoms with Crippen molar-refractivity contribution in [2.24, 2.45) is 10.4 Å². The Labute approximate surface area is 143 Å². The van der Waals surface area contributed by atoms with Gasteiger partial charge in [-0.25, -0.2) is 9.38 Å². The van der Waals surface area contributed by atoms with Crippen molar-refractivity contribution in [1.82, 2.24) is 10.6 Å². The van der Waals surface area contributed by atoms with E-state index in [4.69, 9.17) is 0 Å². The van der Waals surface area contributed by atoms with Gasteiger partial charge in [0.25, 0.3) is 0 Å². The highest BCUT2D eigenvalue weighted by atomic mass is 19.1. The molecular weight excluding hydrogens is 309 g/mol. The summed E-state index contributed by atoms with van der Waals surface area (Å²) < 4.78 is 13.4. The summed E-state index contributed by atoms with van der Waals surface area (Å²) in [5.74, 6) is -0.351. The Bertz CT molecular complexity index is 579. The Morgan fingerprint density at radius 3 is 2.83 bits per heavy atom. The fourth-order valence-electron chi connectivity index (χ4n) is 3.03. The Balaban J connectivity index is 1.98. The van der Waals surface area contributed by atoms with Gasteiger partial charge < -0.3 is 20.8 Å². The highest BCUT2D eigenvalue weighted by Gasteiger charge is 2.35. The number of halogens is 1. The largest absolute Gasteiger partial charge is 0.505 e. The molecule has 1 aromatic rings. The van der Waals surface area contributed by atoms with Crippen LogP contribution in [0.5, 0.6) is 5.75 Å². The van der Waals surface area contributed by atoms with Crippen LogP contribution in [0.3, 0.4) is 0 Å². The number of rotatable bonds is 5. The summed E-state index contributed by atoms with van der Waals surface area (Å²) in [5, 5.41) is 26.0. The third kappa shape index (κ3) is 4.84. The minimum Gasteiger partial charge on any atom is -0.505 e. The van der Waals surface area contributed by atoms with Gasteiger partial charge in [0.2, 0.25) is 0 Å². The first-order valence-electron chi connectivity index (χ1n) is 8.62. The summed E-state index contributed by atoms with van der Waals surface area (Å²) in [4.78, 5) is 4.46. The van der Waals surface area contributed by atoms with Crippen LogP contribution in [0.2, 0.25) is 0 Å². The molecule has 1 saturated carbocycles. The third-order valence-corrected chi connectivity index (χ3v) is 4.72. The smallest absolute Gasteiger partial charge is 0.191 e. The maximum atomic E-state index is 13.4. The molecule has 24 heavy (non-hydrogen) atoms. The number of phenols is 1. The van der Waals surface area contributed by atoms with Gasteiger partial charge in [-0.1, -0.05) is 25.8 Å². The second-order valence-corrected chi connectivity index (χ2v) is 6.75. The molecule has 1 aromatic carbocycles. The number of aliphatic hydroxyl groups is 1. The normalized spacial score (nSPS) is 24.7. The number of hydrogen-bond donors (Lipinski definition) is 4. The van der Waals surface area contributed by atoms with E-state index in [-0.39, 0.29) is 17.3 Å². The van der Waals surface area contributed by atoms with E-state index in [2.05, 4.69) is 22.5 Å². The maximum Gasteiger partial charge on any atom is 0.191 e. The SMILES string of the molecule is CCNC(=NCc1ccc(O)c(F)c1)NCC1(C)CCCCC1O. The zero-order valence-corrected chi connectivity index (χ0v) is 14.5. The molecular formula is C18H28FN3O2. The topological polar surface area (TPSA) is 76.9 Å². The third-order valence-electron chi connectivity index (χ3n) is 4.72. The number of benzene rings is 1. The highest BCUT2D eigenvalue weighted by molar-refractivity contribution is 5.79. The second-order valence-electron chi connectivity index (χ2n) is 6.75. The van der Waals surface area contributed by atoms with Gasteiger partial charge in [0.1, 0.15) is 0 Å². The quantitative estimate of drug-likeness (QED) is 0.492. The molecule has 0 aromatic heterocycles. The summed E-state index contributed by atoms with van der Waals surface area (Å²) in [5.41, 5.74) is 0.533. The van der Waals surface area contributed by atoms with E-state index in [9.17, 15) is 14.6 Å². The molecule has 0 bridgehead atoms. The van der Waals surface area contributed by atoms with Crippen LogP contribution in [0.4, 0.5) is 4.39 Å². The van der Waals surface area contributed by atoms with Gasteiger partial charge >= 0.3 is 0 Å². The minimum absolute atomic E-state index is 0.154. The number of aliphatic imine (C=N–C) groups is 1. The van der Waals surface area contributed by atoms with Crippen LogP contribution in [0.25, 0.3) is 0 Å². The lowest BCUT2D eigenvalue weighted by atomic mass is 9.73. The maximum absolute atomic E-state index is 13.4. The van der Waals surface area contributed by atoms with Crippen molar-refractivity contribution in [2.45, 2.75) is 52.2 Å². The molecule has 0 saturated heterocycles. The number of guanidine groups is 1. The summed E-state index contributed by atoms with van der Waals surface area (Å²) in [6.07, 6.45) is 3.75. The van der Waals surface area contributed by atoms with Crippen molar-refractivity contribution < 1.29 is 14.6 Å². The standard InChI is InChI=1S/C18H28FN3O2/c1-3-20-17(21-11-13-7-8-15(23)14(19)10-13)22-12-18(2)9-5-4-6-16(18)24/h7-8,10,16,23-24H,3-6,9,11-12H2,1-2H3,(H2,20,21,22). The van der Waals surface area contributed by atoms with Crippen LogP contribution >= 0.6 is 0 Å². The van der Waals surface area contributed by atoms with E-state index < -0.39 is 5.82 Å². The summed E-state index contributed by atoms with van der Waals surface area (Å²) >= 11 is 0. The summed E-state index contributed by atoms with van der Waals surface area (Å²) in [7, 11) is 0. The Morgan fingerprint density at radius 1 is 1.38 bits per heavy atom. The van der Waals surface area contributed by atoms with Crippen LogP contribution in [-0.2, 0) is 6.54 Å². The predicted molar refractivity (Wildman–Crippen MR) is 93.5 cm³/mol. The van der Waals surface area contributed by atoms with Crippen molar-refractivity contribution in [3.05, 3.63) is 29.6 Å². The van der Waals surface area contributed by atoms with Crippen molar-refractivity contribution in [3.63, 3.8) is 0 Å². The van der Waals surface area contributed by atoms with Crippen LogP contribution in [0.1, 0.15) is 45.1 Å². The van der Waals surface area contributed by atoms with Crippen molar-refractivity contribution in [2.75, 3.05) is 13.1 Å². The van der Waals surface area contributed by atoms with E-state index in [1.807, 2.05) is 6.92 Å². The lowest BCUT2D eigenvalue weighted by molar-refractivity contribution is 0.00397. The molecule has 2 atom stereocenters. The molecule has 0 amide bonds. The first-order valence-corrected chi connectivity index (χ1v) is 8.62. The van der Waals surface area contributed by atoms with Crippen molar-refractivity contribution in [1.29, 1.82) is 0 Å². The average molecular weight is 337 g/mol. The Hall–Kier alpha value is -1.82. The van der Waals surface area contributed by atoms with E-state index in [1.165, 1.54) is 12.1 Å². The number of phenolic OH excluding ortho intramolecular Hbond substituents is 1. The van der Waals surface area contributed by atoms with E-state index >= 15 is 0 Å². The molecule has 4 N–H and O–H groups in total. The fraction of sp³-hybridized carbons (Fsp3) is 0.611. The first-order chi connectivity index (χ1) is 11.4. The van der Waals surface area contributed by atoms with Crippen LogP contribution in [0.15, 0.2) is 23.2 Å². The molecule has 2 rings (SSSR count). The fourth-order valence-corrected chi connectivity index (χ4v) is 3.03. The lowest BCUT2D eigenvalue weighted by Crippen LogP contribution is -2.48. The van der Waals surface area contributed by atoms with E-state index in [1.54, 1.807) is 6.07 Å². The monoisotopic (exact) mass is 337 g/mol. The van der Waals surface area contributed by atoms with Gasteiger partial charge in [0.05, 0.1) is 12.6 Å². The molecule has 1 aliphatic carbocycles. The van der Waals surface area contributed by atoms with Crippen molar-refractivity contribution in [3.8, 4) is 5.75 Å². The Morgan fingerprint density at radius 2 is 2.17 bits per heavy atom. The first kappa shape index (κ1) is 18.5. The molecule has 5 nitrogen and oxygen atoms in total. The molecule has 1 fully saturated rings. The molecule has 0 spiro atoms. The van der Waals surface area contributed by atoms with Gasteiger partial charge in [-0.05, 0) is 37.5 Å². The number of aliphatic hydroxyl groups excluding tert-OH is 1. The van der Waals surface area contributed by atoms with Gasteiger partial charge in [0.15, 0.2) is 17.5 Å². The second kappa shape index (κ2) is 8.33. The number of nitrogens with one attached hydrogen (secondary N) is 2. The van der Waals surface area contributed by atoms with Crippen LogP contribution in [-0.4, -0.2) is 35.4 Å². The summed E-state index contributed by atoms with van der Waals surface area (Å²) in [6.45, 7) is 5.75. The number of hydrogen-bond acceptors (Lipinski definition) is 3. The number of aromatic hydroxyl groups is 1. The van der Waals surface area contributed by atoms with E-state index in [0.717, 1.165) is 32.2 Å². The zero-order chi connectivity index (χ0) is 17.6. The van der Waals surface area contributed by atoms with Crippen molar-refractivity contribution >= 4 is 5.96 Å². The minimum atomic E-state index is -0.640. The molecule has 0 aliphatic heterocycles. The lowest BCUT2D eigenvalue weighted by Gasteiger charge is -2.38. The van der Waals surface area contributed by atoms with Gasteiger partial charge in [-0.3, -0.25) is 0 Å². The summed E-state index contributed by atoms with van der Waals surface area (Å²) in [6, 6.07) is 4.27. The van der Waals surface area contributed by atoms with Gasteiger partial charge in [-0.2, -0.15) is 0 Å². The molecule has 2 unspecified atom stereocenters. The highest BCUT2D eigenvalue weighted by Crippen LogP contribution is 2.35. The molecule has 6 heteroatoms. The molecule has 134 valence electrons.